The number of guanidine groups is 1. The van der Waals surface area contributed by atoms with Crippen molar-refractivity contribution < 1.29 is 4.92 Å². The van der Waals surface area contributed by atoms with Crippen molar-refractivity contribution in [3.63, 3.8) is 0 Å². The van der Waals surface area contributed by atoms with Gasteiger partial charge in [0.25, 0.3) is 5.69 Å². The minimum atomic E-state index is -0.421. The first-order valence-corrected chi connectivity index (χ1v) is 6.14. The van der Waals surface area contributed by atoms with Crippen LogP contribution in [-0.2, 0) is 6.54 Å². The van der Waals surface area contributed by atoms with Gasteiger partial charge in [-0.1, -0.05) is 24.3 Å². The van der Waals surface area contributed by atoms with Gasteiger partial charge < -0.3 is 10.6 Å². The molecule has 0 aromatic heterocycles. The summed E-state index contributed by atoms with van der Waals surface area (Å²) in [4.78, 5) is 14.5. The molecule has 7 heteroatoms. The SMILES string of the molecule is C=CCNC(=NCc1ccc([N+](=O)[O-])cc1)NCC=C.I. The van der Waals surface area contributed by atoms with Crippen LogP contribution in [0.5, 0.6) is 0 Å². The average molecular weight is 402 g/mol. The van der Waals surface area contributed by atoms with Crippen molar-refractivity contribution in [3.05, 3.63) is 65.3 Å². The van der Waals surface area contributed by atoms with Crippen molar-refractivity contribution in [2.75, 3.05) is 13.1 Å². The van der Waals surface area contributed by atoms with Gasteiger partial charge in [0.2, 0.25) is 0 Å². The lowest BCUT2D eigenvalue weighted by atomic mass is 10.2. The zero-order valence-electron chi connectivity index (χ0n) is 11.6. The molecule has 0 aliphatic heterocycles. The molecule has 0 atom stereocenters. The molecule has 0 heterocycles. The fraction of sp³-hybridized carbons (Fsp3) is 0.214. The van der Waals surface area contributed by atoms with Crippen molar-refractivity contribution in [2.24, 2.45) is 4.99 Å². The maximum absolute atomic E-state index is 10.6. The molecule has 0 aliphatic rings. The van der Waals surface area contributed by atoms with E-state index in [-0.39, 0.29) is 29.7 Å². The summed E-state index contributed by atoms with van der Waals surface area (Å²) in [6.07, 6.45) is 3.47. The molecule has 0 fully saturated rings. The highest BCUT2D eigenvalue weighted by Crippen LogP contribution is 2.12. The summed E-state index contributed by atoms with van der Waals surface area (Å²) >= 11 is 0. The molecule has 0 saturated carbocycles. The Bertz CT molecular complexity index is 486. The number of nitrogens with zero attached hydrogens (tertiary/aromatic N) is 2. The number of aliphatic imine (C=N–C) groups is 1. The van der Waals surface area contributed by atoms with Crippen LogP contribution >= 0.6 is 24.0 Å². The van der Waals surface area contributed by atoms with Gasteiger partial charge in [0.1, 0.15) is 0 Å². The fourth-order valence-corrected chi connectivity index (χ4v) is 1.41. The number of nitro benzene ring substituents is 1. The van der Waals surface area contributed by atoms with Gasteiger partial charge in [-0.05, 0) is 5.56 Å². The van der Waals surface area contributed by atoms with Crippen molar-refractivity contribution in [1.82, 2.24) is 10.6 Å². The van der Waals surface area contributed by atoms with Gasteiger partial charge in [0, 0.05) is 25.2 Å². The molecule has 0 aliphatic carbocycles. The highest BCUT2D eigenvalue weighted by molar-refractivity contribution is 14.0. The van der Waals surface area contributed by atoms with Crippen molar-refractivity contribution in [2.45, 2.75) is 6.54 Å². The van der Waals surface area contributed by atoms with E-state index in [1.54, 1.807) is 24.3 Å². The second-order valence-corrected chi connectivity index (χ2v) is 3.93. The van der Waals surface area contributed by atoms with Crippen LogP contribution in [0.4, 0.5) is 5.69 Å². The predicted molar refractivity (Wildman–Crippen MR) is 96.0 cm³/mol. The van der Waals surface area contributed by atoms with Gasteiger partial charge in [0.15, 0.2) is 5.96 Å². The van der Waals surface area contributed by atoms with Gasteiger partial charge in [-0.2, -0.15) is 0 Å². The summed E-state index contributed by atoms with van der Waals surface area (Å²) in [7, 11) is 0. The largest absolute Gasteiger partial charge is 0.353 e. The molecule has 21 heavy (non-hydrogen) atoms. The zero-order chi connectivity index (χ0) is 14.8. The topological polar surface area (TPSA) is 79.6 Å². The number of hydrogen-bond donors (Lipinski definition) is 2. The monoisotopic (exact) mass is 402 g/mol. The summed E-state index contributed by atoms with van der Waals surface area (Å²) in [5.74, 6) is 0.642. The highest BCUT2D eigenvalue weighted by atomic mass is 127. The standard InChI is InChI=1S/C14H18N4O2.HI/c1-3-9-15-14(16-10-4-2)17-11-12-5-7-13(8-6-12)18(19)20;/h3-8H,1-2,9-11H2,(H2,15,16,17);1H. The molecule has 0 saturated heterocycles. The van der Waals surface area contributed by atoms with Crippen molar-refractivity contribution in [3.8, 4) is 0 Å². The molecule has 1 aromatic rings. The van der Waals surface area contributed by atoms with E-state index >= 15 is 0 Å². The van der Waals surface area contributed by atoms with E-state index in [0.29, 0.717) is 25.6 Å². The van der Waals surface area contributed by atoms with Crippen LogP contribution in [0.2, 0.25) is 0 Å². The third kappa shape index (κ3) is 7.45. The molecule has 0 spiro atoms. The van der Waals surface area contributed by atoms with Crippen LogP contribution in [0.1, 0.15) is 5.56 Å². The van der Waals surface area contributed by atoms with E-state index in [0.717, 1.165) is 5.56 Å². The average Bonchev–Trinajstić information content (AvgIpc) is 2.47. The molecule has 2 N–H and O–H groups in total. The molecule has 0 bridgehead atoms. The second kappa shape index (κ2) is 10.8. The number of non-ortho nitro benzene ring substituents is 1. The van der Waals surface area contributed by atoms with Crippen LogP contribution in [-0.4, -0.2) is 24.0 Å². The van der Waals surface area contributed by atoms with Crippen LogP contribution < -0.4 is 10.6 Å². The first-order chi connectivity index (χ1) is 9.67. The van der Waals surface area contributed by atoms with E-state index in [1.807, 2.05) is 0 Å². The first-order valence-electron chi connectivity index (χ1n) is 6.14. The van der Waals surface area contributed by atoms with Crippen LogP contribution in [0, 0.1) is 10.1 Å². The lowest BCUT2D eigenvalue weighted by molar-refractivity contribution is -0.384. The van der Waals surface area contributed by atoms with Crippen LogP contribution in [0.3, 0.4) is 0 Å². The van der Waals surface area contributed by atoms with Gasteiger partial charge in [0.05, 0.1) is 11.5 Å². The third-order valence-electron chi connectivity index (χ3n) is 2.39. The lowest BCUT2D eigenvalue weighted by Crippen LogP contribution is -2.37. The Morgan fingerprint density at radius 1 is 1.19 bits per heavy atom. The van der Waals surface area contributed by atoms with E-state index in [9.17, 15) is 10.1 Å². The third-order valence-corrected chi connectivity index (χ3v) is 2.39. The Kier molecular flexibility index (Phi) is 9.86. The van der Waals surface area contributed by atoms with E-state index in [2.05, 4.69) is 28.8 Å². The number of rotatable bonds is 7. The molecule has 0 amide bonds. The maximum Gasteiger partial charge on any atom is 0.269 e. The number of nitro groups is 1. The first kappa shape index (κ1) is 19.1. The Morgan fingerprint density at radius 2 is 1.71 bits per heavy atom. The number of hydrogen-bond acceptors (Lipinski definition) is 3. The van der Waals surface area contributed by atoms with E-state index < -0.39 is 4.92 Å². The normalized spacial score (nSPS) is 8.95. The van der Waals surface area contributed by atoms with Gasteiger partial charge in [-0.3, -0.25) is 10.1 Å². The number of halogens is 1. The van der Waals surface area contributed by atoms with E-state index in [4.69, 9.17) is 0 Å². The lowest BCUT2D eigenvalue weighted by Gasteiger charge is -2.09. The van der Waals surface area contributed by atoms with E-state index in [1.165, 1.54) is 12.1 Å². The Morgan fingerprint density at radius 3 is 2.14 bits per heavy atom. The van der Waals surface area contributed by atoms with Gasteiger partial charge in [-0.25, -0.2) is 4.99 Å². The molecular weight excluding hydrogens is 383 g/mol. The second-order valence-electron chi connectivity index (χ2n) is 3.93. The molecule has 1 rings (SSSR count). The van der Waals surface area contributed by atoms with Crippen LogP contribution in [0.25, 0.3) is 0 Å². The molecular formula is C14H19IN4O2. The summed E-state index contributed by atoms with van der Waals surface area (Å²) in [6.45, 7) is 8.89. The minimum absolute atomic E-state index is 0. The summed E-state index contributed by atoms with van der Waals surface area (Å²) < 4.78 is 0. The minimum Gasteiger partial charge on any atom is -0.353 e. The molecule has 114 valence electrons. The smallest absolute Gasteiger partial charge is 0.269 e. The molecule has 0 radical (unpaired) electrons. The van der Waals surface area contributed by atoms with Gasteiger partial charge in [-0.15, -0.1) is 37.1 Å². The summed E-state index contributed by atoms with van der Waals surface area (Å²) in [5.41, 5.74) is 0.974. The molecule has 1 aromatic carbocycles. The maximum atomic E-state index is 10.6. The Hall–Kier alpha value is -1.90. The molecule has 6 nitrogen and oxygen atoms in total. The Labute approximate surface area is 141 Å². The zero-order valence-corrected chi connectivity index (χ0v) is 13.9. The molecule has 0 unspecified atom stereocenters. The Balaban J connectivity index is 0.00000400. The summed E-state index contributed by atoms with van der Waals surface area (Å²) in [5, 5.41) is 16.7. The fourth-order valence-electron chi connectivity index (χ4n) is 1.41. The number of nitrogens with one attached hydrogen (secondary N) is 2. The summed E-state index contributed by atoms with van der Waals surface area (Å²) in [6, 6.07) is 6.33. The van der Waals surface area contributed by atoms with Crippen molar-refractivity contribution in [1.29, 1.82) is 0 Å². The quantitative estimate of drug-likeness (QED) is 0.184. The predicted octanol–water partition coefficient (Wildman–Crippen LogP) is 2.62. The number of benzene rings is 1. The van der Waals surface area contributed by atoms with Crippen LogP contribution in [0.15, 0.2) is 54.6 Å². The van der Waals surface area contributed by atoms with Crippen molar-refractivity contribution >= 4 is 35.6 Å². The highest BCUT2D eigenvalue weighted by Gasteiger charge is 2.03. The van der Waals surface area contributed by atoms with Gasteiger partial charge >= 0.3 is 0 Å².